The second-order valence-corrected chi connectivity index (χ2v) is 4.47. The van der Waals surface area contributed by atoms with Gasteiger partial charge in [-0.15, -0.1) is 0 Å². The fraction of sp³-hybridized carbons (Fsp3) is 0.154. The Morgan fingerprint density at radius 3 is 2.47 bits per heavy atom. The third-order valence-corrected chi connectivity index (χ3v) is 2.91. The van der Waals surface area contributed by atoms with E-state index in [2.05, 4.69) is 15.0 Å². The highest BCUT2D eigenvalue weighted by Gasteiger charge is 2.12. The maximum absolute atomic E-state index is 5.71. The summed E-state index contributed by atoms with van der Waals surface area (Å²) in [5, 5.41) is 0. The molecule has 6 nitrogen and oxygen atoms in total. The lowest BCUT2D eigenvalue weighted by Crippen LogP contribution is -2.12. The molecule has 2 heterocycles. The van der Waals surface area contributed by atoms with Crippen LogP contribution < -0.4 is 10.6 Å². The number of fused-ring (bicyclic) bond motifs is 1. The largest absolute Gasteiger partial charge is 0.399 e. The van der Waals surface area contributed by atoms with Gasteiger partial charge in [0.2, 0.25) is 0 Å². The molecular weight excluding hydrogens is 240 g/mol. The minimum Gasteiger partial charge on any atom is -0.399 e. The maximum Gasteiger partial charge on any atom is 0.183 e. The van der Waals surface area contributed by atoms with E-state index in [1.54, 1.807) is 6.33 Å². The normalized spacial score (nSPS) is 10.8. The summed E-state index contributed by atoms with van der Waals surface area (Å²) in [4.78, 5) is 14.8. The maximum atomic E-state index is 5.71. The van der Waals surface area contributed by atoms with E-state index in [-0.39, 0.29) is 0 Å². The predicted molar refractivity (Wildman–Crippen MR) is 75.4 cm³/mol. The number of nitrogens with zero attached hydrogens (tertiary/aromatic N) is 5. The number of nitrogens with two attached hydrogens (primary N) is 1. The van der Waals surface area contributed by atoms with E-state index in [1.807, 2.05) is 47.8 Å². The van der Waals surface area contributed by atoms with Crippen molar-refractivity contribution >= 4 is 22.7 Å². The van der Waals surface area contributed by atoms with E-state index < -0.39 is 0 Å². The standard InChI is InChI=1S/C13H14N6/c1-18(2)13-11-12(15-7-16-13)17-8-19(11)10-5-3-9(14)4-6-10/h3-8H,14H2,1-2H3. The Bertz CT molecular complexity index is 714. The number of hydrogen-bond donors (Lipinski definition) is 1. The van der Waals surface area contributed by atoms with Gasteiger partial charge in [0.05, 0.1) is 0 Å². The average molecular weight is 254 g/mol. The smallest absolute Gasteiger partial charge is 0.183 e. The van der Waals surface area contributed by atoms with Gasteiger partial charge in [-0.1, -0.05) is 0 Å². The van der Waals surface area contributed by atoms with E-state index >= 15 is 0 Å². The first-order chi connectivity index (χ1) is 9.16. The third-order valence-electron chi connectivity index (χ3n) is 2.91. The second kappa shape index (κ2) is 4.24. The van der Waals surface area contributed by atoms with Crippen LogP contribution in [0.2, 0.25) is 0 Å². The van der Waals surface area contributed by atoms with Crippen LogP contribution in [-0.4, -0.2) is 33.6 Å². The van der Waals surface area contributed by atoms with Crippen molar-refractivity contribution in [3.63, 3.8) is 0 Å². The number of hydrogen-bond acceptors (Lipinski definition) is 5. The van der Waals surface area contributed by atoms with Gasteiger partial charge >= 0.3 is 0 Å². The molecule has 0 aliphatic rings. The molecule has 0 saturated carbocycles. The summed E-state index contributed by atoms with van der Waals surface area (Å²) in [7, 11) is 3.89. The van der Waals surface area contributed by atoms with Gasteiger partial charge in [0.15, 0.2) is 11.5 Å². The molecule has 0 fully saturated rings. The summed E-state index contributed by atoms with van der Waals surface area (Å²) >= 11 is 0. The van der Waals surface area contributed by atoms with Crippen LogP contribution in [0.15, 0.2) is 36.9 Å². The predicted octanol–water partition coefficient (Wildman–Crippen LogP) is 1.46. The molecule has 0 aliphatic carbocycles. The van der Waals surface area contributed by atoms with Crippen LogP contribution >= 0.6 is 0 Å². The summed E-state index contributed by atoms with van der Waals surface area (Å²) in [6, 6.07) is 7.62. The molecule has 0 unspecified atom stereocenters. The molecule has 1 aromatic carbocycles. The Hall–Kier alpha value is -2.63. The van der Waals surface area contributed by atoms with E-state index in [9.17, 15) is 0 Å². The lowest BCUT2D eigenvalue weighted by molar-refractivity contribution is 1.03. The second-order valence-electron chi connectivity index (χ2n) is 4.47. The highest BCUT2D eigenvalue weighted by molar-refractivity contribution is 5.85. The molecule has 2 N–H and O–H groups in total. The van der Waals surface area contributed by atoms with E-state index in [1.165, 1.54) is 6.33 Å². The molecule has 0 atom stereocenters. The average Bonchev–Trinajstić information content (AvgIpc) is 2.83. The van der Waals surface area contributed by atoms with Crippen molar-refractivity contribution in [3.05, 3.63) is 36.9 Å². The van der Waals surface area contributed by atoms with Crippen molar-refractivity contribution in [2.75, 3.05) is 24.7 Å². The molecule has 2 aromatic heterocycles. The van der Waals surface area contributed by atoms with E-state index in [0.717, 1.165) is 22.7 Å². The SMILES string of the molecule is CN(C)c1ncnc2ncn(-c3ccc(N)cc3)c12. The van der Waals surface area contributed by atoms with Crippen LogP contribution in [0.3, 0.4) is 0 Å². The Morgan fingerprint density at radius 1 is 1.05 bits per heavy atom. The molecule has 0 radical (unpaired) electrons. The first kappa shape index (κ1) is 11.5. The molecule has 0 bridgehead atoms. The summed E-state index contributed by atoms with van der Waals surface area (Å²) in [6.07, 6.45) is 3.27. The Labute approximate surface area is 110 Å². The van der Waals surface area contributed by atoms with Gasteiger partial charge in [-0.05, 0) is 24.3 Å². The van der Waals surface area contributed by atoms with E-state index in [0.29, 0.717) is 5.65 Å². The lowest BCUT2D eigenvalue weighted by Gasteiger charge is -2.13. The van der Waals surface area contributed by atoms with Gasteiger partial charge in [-0.2, -0.15) is 0 Å². The van der Waals surface area contributed by atoms with Gasteiger partial charge in [0, 0.05) is 25.5 Å². The fourth-order valence-electron chi connectivity index (χ4n) is 2.00. The van der Waals surface area contributed by atoms with Crippen LogP contribution in [-0.2, 0) is 0 Å². The van der Waals surface area contributed by atoms with Crippen LogP contribution in [0.1, 0.15) is 0 Å². The third kappa shape index (κ3) is 1.87. The summed E-state index contributed by atoms with van der Waals surface area (Å²) in [5.74, 6) is 0.833. The quantitative estimate of drug-likeness (QED) is 0.701. The number of nitrogen functional groups attached to an aromatic ring is 1. The summed E-state index contributed by atoms with van der Waals surface area (Å²) in [5.41, 5.74) is 8.99. The Balaban J connectivity index is 2.27. The summed E-state index contributed by atoms with van der Waals surface area (Å²) < 4.78 is 1.96. The molecule has 0 amide bonds. The van der Waals surface area contributed by atoms with Crippen LogP contribution in [0.25, 0.3) is 16.9 Å². The van der Waals surface area contributed by atoms with Crippen molar-refractivity contribution in [1.29, 1.82) is 0 Å². The number of aromatic nitrogens is 4. The molecular formula is C13H14N6. The van der Waals surface area contributed by atoms with Crippen LogP contribution in [0.4, 0.5) is 11.5 Å². The minimum absolute atomic E-state index is 0.676. The van der Waals surface area contributed by atoms with Gasteiger partial charge in [0.1, 0.15) is 18.2 Å². The van der Waals surface area contributed by atoms with Crippen LogP contribution in [0, 0.1) is 0 Å². The van der Waals surface area contributed by atoms with Gasteiger partial charge in [-0.25, -0.2) is 15.0 Å². The molecule has 96 valence electrons. The van der Waals surface area contributed by atoms with Crippen molar-refractivity contribution in [3.8, 4) is 5.69 Å². The van der Waals surface area contributed by atoms with Gasteiger partial charge < -0.3 is 10.6 Å². The lowest BCUT2D eigenvalue weighted by atomic mass is 10.3. The highest BCUT2D eigenvalue weighted by atomic mass is 15.2. The zero-order valence-electron chi connectivity index (χ0n) is 10.8. The molecule has 0 saturated heterocycles. The van der Waals surface area contributed by atoms with Crippen LogP contribution in [0.5, 0.6) is 0 Å². The molecule has 19 heavy (non-hydrogen) atoms. The molecule has 0 spiro atoms. The molecule has 3 aromatic rings. The number of benzene rings is 1. The number of anilines is 2. The van der Waals surface area contributed by atoms with Crippen molar-refractivity contribution in [2.24, 2.45) is 0 Å². The molecule has 3 rings (SSSR count). The zero-order valence-corrected chi connectivity index (χ0v) is 10.8. The number of rotatable bonds is 2. The molecule has 0 aliphatic heterocycles. The van der Waals surface area contributed by atoms with E-state index in [4.69, 9.17) is 5.73 Å². The monoisotopic (exact) mass is 254 g/mol. The Morgan fingerprint density at radius 2 is 1.79 bits per heavy atom. The zero-order chi connectivity index (χ0) is 13.4. The fourth-order valence-corrected chi connectivity index (χ4v) is 2.00. The van der Waals surface area contributed by atoms with Crippen molar-refractivity contribution in [2.45, 2.75) is 0 Å². The Kier molecular flexibility index (Phi) is 2.56. The first-order valence-corrected chi connectivity index (χ1v) is 5.88. The minimum atomic E-state index is 0.676. The van der Waals surface area contributed by atoms with Crippen molar-refractivity contribution < 1.29 is 0 Å². The van der Waals surface area contributed by atoms with Gasteiger partial charge in [0.25, 0.3) is 0 Å². The summed E-state index contributed by atoms with van der Waals surface area (Å²) in [6.45, 7) is 0. The molecule has 6 heteroatoms. The number of imidazole rings is 1. The first-order valence-electron chi connectivity index (χ1n) is 5.88. The highest BCUT2D eigenvalue weighted by Crippen LogP contribution is 2.24. The van der Waals surface area contributed by atoms with Gasteiger partial charge in [-0.3, -0.25) is 4.57 Å². The topological polar surface area (TPSA) is 72.9 Å². The van der Waals surface area contributed by atoms with Crippen molar-refractivity contribution in [1.82, 2.24) is 19.5 Å².